The van der Waals surface area contributed by atoms with Gasteiger partial charge in [-0.15, -0.1) is 22.7 Å². The quantitative estimate of drug-likeness (QED) is 0.245. The third-order valence-corrected chi connectivity index (χ3v) is 6.55. The van der Waals surface area contributed by atoms with Gasteiger partial charge in [0.2, 0.25) is 0 Å². The SMILES string of the molecule is Brc1cnc(Br)s1.Nc1ccc(-c2ncc(Br)s2)cn1.Nc1ccc(B(O)O)cn1. The lowest BCUT2D eigenvalue weighted by molar-refractivity contribution is 0.425. The molecular weight excluding hydrogens is 623 g/mol. The molecule has 0 fully saturated rings. The monoisotopic (exact) mass is 634 g/mol. The number of nitrogens with zero attached hydrogens (tertiary/aromatic N) is 4. The van der Waals surface area contributed by atoms with Crippen LogP contribution < -0.4 is 16.9 Å². The second kappa shape index (κ2) is 12.4. The topological polar surface area (TPSA) is 144 Å². The van der Waals surface area contributed by atoms with E-state index < -0.39 is 7.12 Å². The van der Waals surface area contributed by atoms with E-state index in [4.69, 9.17) is 21.5 Å². The summed E-state index contributed by atoms with van der Waals surface area (Å²) in [6, 6.07) is 6.69. The Hall–Kier alpha value is -1.42. The van der Waals surface area contributed by atoms with Crippen LogP contribution >= 0.6 is 70.5 Å². The maximum Gasteiger partial charge on any atom is 0.490 e. The minimum atomic E-state index is -1.46. The van der Waals surface area contributed by atoms with Crippen LogP contribution in [0.15, 0.2) is 60.5 Å². The van der Waals surface area contributed by atoms with Crippen molar-refractivity contribution in [2.45, 2.75) is 0 Å². The number of nitrogen functional groups attached to an aromatic ring is 2. The predicted molar refractivity (Wildman–Crippen MR) is 133 cm³/mol. The molecule has 0 radical (unpaired) electrons. The van der Waals surface area contributed by atoms with E-state index in [2.05, 4.69) is 67.7 Å². The zero-order valence-electron chi connectivity index (χ0n) is 15.0. The Balaban J connectivity index is 0.000000168. The highest BCUT2D eigenvalue weighted by Gasteiger charge is 2.09. The van der Waals surface area contributed by atoms with Gasteiger partial charge >= 0.3 is 7.12 Å². The van der Waals surface area contributed by atoms with Gasteiger partial charge in [-0.25, -0.2) is 19.9 Å². The van der Waals surface area contributed by atoms with E-state index in [9.17, 15) is 0 Å². The molecule has 0 amide bonds. The smallest absolute Gasteiger partial charge is 0.423 e. The van der Waals surface area contributed by atoms with Crippen molar-refractivity contribution in [3.63, 3.8) is 0 Å². The lowest BCUT2D eigenvalue weighted by atomic mass is 9.82. The summed E-state index contributed by atoms with van der Waals surface area (Å²) in [7, 11) is -1.46. The number of hydrogen-bond donors (Lipinski definition) is 4. The van der Waals surface area contributed by atoms with E-state index in [-0.39, 0.29) is 0 Å². The van der Waals surface area contributed by atoms with Crippen LogP contribution in [0, 0.1) is 0 Å². The lowest BCUT2D eigenvalue weighted by Gasteiger charge is -1.96. The third-order valence-electron chi connectivity index (χ3n) is 3.07. The number of thiazole rings is 2. The largest absolute Gasteiger partial charge is 0.490 e. The molecule has 4 rings (SSSR count). The number of rotatable bonds is 2. The maximum atomic E-state index is 8.59. The van der Waals surface area contributed by atoms with Gasteiger partial charge in [-0.3, -0.25) is 0 Å². The Morgan fingerprint density at radius 2 is 1.33 bits per heavy atom. The summed E-state index contributed by atoms with van der Waals surface area (Å²) in [5.41, 5.74) is 12.1. The molecule has 6 N–H and O–H groups in total. The summed E-state index contributed by atoms with van der Waals surface area (Å²) >= 11 is 13.0. The first kappa shape index (κ1) is 24.9. The first-order valence-electron chi connectivity index (χ1n) is 7.92. The molecule has 8 nitrogen and oxygen atoms in total. The number of hydrogen-bond acceptors (Lipinski definition) is 10. The molecule has 0 atom stereocenters. The van der Waals surface area contributed by atoms with Gasteiger partial charge in [-0.05, 0) is 66.0 Å². The molecular formula is C16H14BBr3N6O2S2. The van der Waals surface area contributed by atoms with Gasteiger partial charge in [0.1, 0.15) is 16.6 Å². The first-order valence-corrected chi connectivity index (χ1v) is 11.9. The van der Waals surface area contributed by atoms with Gasteiger partial charge in [-0.2, -0.15) is 0 Å². The van der Waals surface area contributed by atoms with Crippen LogP contribution in [0.4, 0.5) is 11.6 Å². The molecule has 0 aliphatic rings. The van der Waals surface area contributed by atoms with Crippen molar-refractivity contribution in [3.8, 4) is 10.6 Å². The van der Waals surface area contributed by atoms with Gasteiger partial charge in [0.05, 0.1) is 20.0 Å². The Labute approximate surface area is 206 Å². The van der Waals surface area contributed by atoms with Crippen LogP contribution in [0.1, 0.15) is 0 Å². The molecule has 0 aromatic carbocycles. The fourth-order valence-corrected chi connectivity index (χ4v) is 5.13. The average molecular weight is 637 g/mol. The Kier molecular flexibility index (Phi) is 10.3. The number of pyridine rings is 2. The maximum absolute atomic E-state index is 8.59. The Morgan fingerprint density at radius 3 is 1.70 bits per heavy atom. The first-order chi connectivity index (χ1) is 14.2. The standard InChI is InChI=1S/C8H6BrN3S.C5H7BN2O2.C3HBr2NS/c9-6-4-12-8(13-6)5-1-2-7(10)11-3-5;7-5-2-1-4(3-8-5)6(9)10;4-2-1-6-3(5)7-2/h1-4H,(H2,10,11);1-3,9-10H,(H2,7,8);1H. The normalized spacial score (nSPS) is 9.77. The van der Waals surface area contributed by atoms with Crippen molar-refractivity contribution in [1.29, 1.82) is 0 Å². The molecule has 0 spiro atoms. The Morgan fingerprint density at radius 1 is 0.733 bits per heavy atom. The molecule has 156 valence electrons. The van der Waals surface area contributed by atoms with Crippen molar-refractivity contribution < 1.29 is 10.0 Å². The van der Waals surface area contributed by atoms with Crippen molar-refractivity contribution in [2.75, 3.05) is 11.5 Å². The fraction of sp³-hybridized carbons (Fsp3) is 0. The fourth-order valence-electron chi connectivity index (χ4n) is 1.72. The van der Waals surface area contributed by atoms with Gasteiger partial charge in [0.25, 0.3) is 0 Å². The van der Waals surface area contributed by atoms with Crippen molar-refractivity contribution in [1.82, 2.24) is 19.9 Å². The van der Waals surface area contributed by atoms with Crippen LogP contribution in [0.2, 0.25) is 0 Å². The molecule has 4 aromatic rings. The molecule has 14 heteroatoms. The highest BCUT2D eigenvalue weighted by molar-refractivity contribution is 9.12. The third kappa shape index (κ3) is 8.75. The number of aromatic nitrogens is 4. The van der Waals surface area contributed by atoms with E-state index in [0.29, 0.717) is 17.1 Å². The van der Waals surface area contributed by atoms with Crippen LogP contribution in [-0.2, 0) is 0 Å². The van der Waals surface area contributed by atoms with Crippen LogP contribution in [0.5, 0.6) is 0 Å². The minimum Gasteiger partial charge on any atom is -0.423 e. The molecule has 0 aliphatic carbocycles. The van der Waals surface area contributed by atoms with E-state index in [1.807, 2.05) is 6.07 Å². The average Bonchev–Trinajstić information content (AvgIpc) is 3.31. The number of nitrogens with two attached hydrogens (primary N) is 2. The molecule has 0 unspecified atom stereocenters. The molecule has 4 heterocycles. The molecule has 0 aliphatic heterocycles. The molecule has 0 bridgehead atoms. The molecule has 0 saturated heterocycles. The summed E-state index contributed by atoms with van der Waals surface area (Å²) in [4.78, 5) is 15.8. The highest BCUT2D eigenvalue weighted by Crippen LogP contribution is 2.27. The molecule has 30 heavy (non-hydrogen) atoms. The van der Waals surface area contributed by atoms with Gasteiger partial charge < -0.3 is 21.5 Å². The van der Waals surface area contributed by atoms with Crippen molar-refractivity contribution in [2.24, 2.45) is 0 Å². The van der Waals surface area contributed by atoms with Crippen LogP contribution in [0.3, 0.4) is 0 Å². The van der Waals surface area contributed by atoms with Gasteiger partial charge in [-0.1, -0.05) is 6.07 Å². The minimum absolute atomic E-state index is 0.342. The second-order valence-electron chi connectivity index (χ2n) is 5.25. The van der Waals surface area contributed by atoms with E-state index >= 15 is 0 Å². The summed E-state index contributed by atoms with van der Waals surface area (Å²) in [6.45, 7) is 0. The lowest BCUT2D eigenvalue weighted by Crippen LogP contribution is -2.29. The van der Waals surface area contributed by atoms with E-state index in [1.165, 1.54) is 18.3 Å². The van der Waals surface area contributed by atoms with Gasteiger partial charge in [0, 0.05) is 23.4 Å². The van der Waals surface area contributed by atoms with Crippen molar-refractivity contribution in [3.05, 3.63) is 60.5 Å². The summed E-state index contributed by atoms with van der Waals surface area (Å²) in [5, 5.41) is 18.1. The second-order valence-corrected chi connectivity index (χ2v) is 11.3. The number of halogens is 3. The summed E-state index contributed by atoms with van der Waals surface area (Å²) in [5.74, 6) is 0.892. The molecule has 0 saturated carbocycles. The zero-order valence-corrected chi connectivity index (χ0v) is 21.4. The Bertz CT molecular complexity index is 1030. The van der Waals surface area contributed by atoms with Crippen LogP contribution in [-0.4, -0.2) is 37.1 Å². The predicted octanol–water partition coefficient (Wildman–Crippen LogP) is 3.56. The molecule has 4 aromatic heterocycles. The number of anilines is 2. The van der Waals surface area contributed by atoms with Crippen molar-refractivity contribution >= 4 is 94.7 Å². The van der Waals surface area contributed by atoms with E-state index in [0.717, 1.165) is 22.1 Å². The highest BCUT2D eigenvalue weighted by atomic mass is 79.9. The summed E-state index contributed by atoms with van der Waals surface area (Å²) < 4.78 is 2.98. The van der Waals surface area contributed by atoms with E-state index in [1.54, 1.807) is 47.3 Å². The van der Waals surface area contributed by atoms with Crippen LogP contribution in [0.25, 0.3) is 10.6 Å². The summed E-state index contributed by atoms with van der Waals surface area (Å²) in [6.07, 6.45) is 6.58. The zero-order chi connectivity index (χ0) is 22.1. The van der Waals surface area contributed by atoms with Gasteiger partial charge in [0.15, 0.2) is 3.92 Å².